The molecule has 0 unspecified atom stereocenters. The van der Waals surface area contributed by atoms with E-state index in [4.69, 9.17) is 11.6 Å². The maximum Gasteiger partial charge on any atom is 0.113 e. The molecule has 0 fully saturated rings. The van der Waals surface area contributed by atoms with Crippen molar-refractivity contribution in [1.29, 1.82) is 0 Å². The molecule has 0 spiro atoms. The Labute approximate surface area is 108 Å². The number of alkyl halides is 1. The molecule has 1 aromatic carbocycles. The van der Waals surface area contributed by atoms with Gasteiger partial charge in [-0.3, -0.25) is 0 Å². The molecule has 5 heteroatoms. The molecule has 0 amide bonds. The van der Waals surface area contributed by atoms with Gasteiger partial charge in [-0.05, 0) is 12.1 Å². The van der Waals surface area contributed by atoms with E-state index in [-0.39, 0.29) is 0 Å². The molecule has 86 valence electrons. The standard InChI is InChI=1S/C12H10ClN3S/c13-5-9-7-17-12(15-9)6-16-8-14-10-3-1-2-4-11(10)16/h1-4,7-8H,5-6H2. The van der Waals surface area contributed by atoms with Gasteiger partial charge in [-0.2, -0.15) is 0 Å². The van der Waals surface area contributed by atoms with Crippen molar-refractivity contribution < 1.29 is 0 Å². The number of hydrogen-bond donors (Lipinski definition) is 0. The monoisotopic (exact) mass is 263 g/mol. The number of hydrogen-bond acceptors (Lipinski definition) is 3. The first-order valence-corrected chi connectivity index (χ1v) is 6.67. The van der Waals surface area contributed by atoms with E-state index < -0.39 is 0 Å². The lowest BCUT2D eigenvalue weighted by Crippen LogP contribution is -1.97. The van der Waals surface area contributed by atoms with E-state index in [2.05, 4.69) is 20.6 Å². The van der Waals surface area contributed by atoms with Gasteiger partial charge in [0, 0.05) is 5.38 Å². The molecule has 2 heterocycles. The molecule has 2 aromatic heterocycles. The molecule has 3 aromatic rings. The molecule has 3 nitrogen and oxygen atoms in total. The summed E-state index contributed by atoms with van der Waals surface area (Å²) in [6.07, 6.45) is 1.85. The van der Waals surface area contributed by atoms with E-state index in [0.717, 1.165) is 28.3 Å². The Balaban J connectivity index is 1.94. The number of para-hydroxylation sites is 2. The zero-order chi connectivity index (χ0) is 11.7. The van der Waals surface area contributed by atoms with E-state index in [1.54, 1.807) is 11.3 Å². The third-order valence-electron chi connectivity index (χ3n) is 2.57. The number of aromatic nitrogens is 3. The predicted octanol–water partition coefficient (Wildman–Crippen LogP) is 3.28. The van der Waals surface area contributed by atoms with Gasteiger partial charge in [0.25, 0.3) is 0 Å². The van der Waals surface area contributed by atoms with Gasteiger partial charge in [0.1, 0.15) is 5.01 Å². The number of rotatable bonds is 3. The molecule has 17 heavy (non-hydrogen) atoms. The Morgan fingerprint density at radius 1 is 1.29 bits per heavy atom. The van der Waals surface area contributed by atoms with E-state index in [1.165, 1.54) is 0 Å². The van der Waals surface area contributed by atoms with Gasteiger partial charge in [0.15, 0.2) is 0 Å². The summed E-state index contributed by atoms with van der Waals surface area (Å²) in [5, 5.41) is 3.06. The van der Waals surface area contributed by atoms with E-state index in [1.807, 2.05) is 29.9 Å². The number of halogens is 1. The highest BCUT2D eigenvalue weighted by atomic mass is 35.5. The number of imidazole rings is 1. The highest BCUT2D eigenvalue weighted by molar-refractivity contribution is 7.09. The minimum atomic E-state index is 0.473. The van der Waals surface area contributed by atoms with Crippen molar-refractivity contribution in [2.45, 2.75) is 12.4 Å². The van der Waals surface area contributed by atoms with Crippen LogP contribution in [0.25, 0.3) is 11.0 Å². The Kier molecular flexibility index (Phi) is 2.82. The van der Waals surface area contributed by atoms with Crippen molar-refractivity contribution in [2.24, 2.45) is 0 Å². The van der Waals surface area contributed by atoms with Gasteiger partial charge in [-0.15, -0.1) is 22.9 Å². The molecule has 0 saturated carbocycles. The fraction of sp³-hybridized carbons (Fsp3) is 0.167. The first-order valence-electron chi connectivity index (χ1n) is 5.26. The molecule has 0 bridgehead atoms. The summed E-state index contributed by atoms with van der Waals surface area (Å²) >= 11 is 7.38. The van der Waals surface area contributed by atoms with Crippen LogP contribution in [0.4, 0.5) is 0 Å². The highest BCUT2D eigenvalue weighted by Crippen LogP contribution is 2.17. The molecule has 3 rings (SSSR count). The second kappa shape index (κ2) is 4.47. The molecule has 0 N–H and O–H groups in total. The van der Waals surface area contributed by atoms with Crippen LogP contribution in [-0.2, 0) is 12.4 Å². The lowest BCUT2D eigenvalue weighted by molar-refractivity contribution is 0.813. The number of nitrogens with zero attached hydrogens (tertiary/aromatic N) is 3. The Bertz CT molecular complexity index is 644. The zero-order valence-electron chi connectivity index (χ0n) is 9.01. The molecular formula is C12H10ClN3S. The lowest BCUT2D eigenvalue weighted by Gasteiger charge is -2.00. The normalized spacial score (nSPS) is 11.1. The Morgan fingerprint density at radius 3 is 3.00 bits per heavy atom. The smallest absolute Gasteiger partial charge is 0.113 e. The van der Waals surface area contributed by atoms with Crippen LogP contribution in [0.1, 0.15) is 10.7 Å². The van der Waals surface area contributed by atoms with Crippen molar-refractivity contribution in [3.8, 4) is 0 Å². The lowest BCUT2D eigenvalue weighted by atomic mass is 10.3. The van der Waals surface area contributed by atoms with Gasteiger partial charge in [-0.1, -0.05) is 12.1 Å². The zero-order valence-corrected chi connectivity index (χ0v) is 10.6. The van der Waals surface area contributed by atoms with Crippen molar-refractivity contribution in [2.75, 3.05) is 0 Å². The average molecular weight is 264 g/mol. The molecule has 0 radical (unpaired) electrons. The first kappa shape index (κ1) is 10.7. The van der Waals surface area contributed by atoms with Crippen LogP contribution in [0, 0.1) is 0 Å². The largest absolute Gasteiger partial charge is 0.324 e. The van der Waals surface area contributed by atoms with Crippen molar-refractivity contribution in [1.82, 2.24) is 14.5 Å². The van der Waals surface area contributed by atoms with Crippen LogP contribution in [0.5, 0.6) is 0 Å². The summed E-state index contributed by atoms with van der Waals surface area (Å²) < 4.78 is 2.10. The van der Waals surface area contributed by atoms with Crippen molar-refractivity contribution in [3.05, 3.63) is 46.7 Å². The molecule has 0 aliphatic rings. The SMILES string of the molecule is ClCc1csc(Cn2cnc3ccccc32)n1. The quantitative estimate of drug-likeness (QED) is 0.679. The number of thiazole rings is 1. The fourth-order valence-corrected chi connectivity index (χ4v) is 2.79. The minimum Gasteiger partial charge on any atom is -0.324 e. The van der Waals surface area contributed by atoms with Crippen LogP contribution < -0.4 is 0 Å². The summed E-state index contributed by atoms with van der Waals surface area (Å²) in [4.78, 5) is 8.80. The van der Waals surface area contributed by atoms with Gasteiger partial charge < -0.3 is 4.57 Å². The van der Waals surface area contributed by atoms with Crippen LogP contribution in [0.3, 0.4) is 0 Å². The van der Waals surface area contributed by atoms with Crippen LogP contribution >= 0.6 is 22.9 Å². The molecule has 0 aliphatic heterocycles. The average Bonchev–Trinajstić information content (AvgIpc) is 2.97. The minimum absolute atomic E-state index is 0.473. The molecular weight excluding hydrogens is 254 g/mol. The van der Waals surface area contributed by atoms with Crippen LogP contribution in [-0.4, -0.2) is 14.5 Å². The second-order valence-electron chi connectivity index (χ2n) is 3.73. The van der Waals surface area contributed by atoms with Gasteiger partial charge in [0.2, 0.25) is 0 Å². The maximum atomic E-state index is 5.74. The van der Waals surface area contributed by atoms with E-state index in [0.29, 0.717) is 5.88 Å². The van der Waals surface area contributed by atoms with Gasteiger partial charge >= 0.3 is 0 Å². The first-order chi connectivity index (χ1) is 8.36. The van der Waals surface area contributed by atoms with Gasteiger partial charge in [0.05, 0.1) is 35.5 Å². The maximum absolute atomic E-state index is 5.74. The number of fused-ring (bicyclic) bond motifs is 1. The predicted molar refractivity (Wildman–Crippen MR) is 70.5 cm³/mol. The summed E-state index contributed by atoms with van der Waals surface area (Å²) in [6.45, 7) is 0.752. The van der Waals surface area contributed by atoms with Gasteiger partial charge in [-0.25, -0.2) is 9.97 Å². The topological polar surface area (TPSA) is 30.7 Å². The fourth-order valence-electron chi connectivity index (χ4n) is 1.76. The van der Waals surface area contributed by atoms with Crippen molar-refractivity contribution in [3.63, 3.8) is 0 Å². The summed E-state index contributed by atoms with van der Waals surface area (Å²) in [5.74, 6) is 0.473. The summed E-state index contributed by atoms with van der Waals surface area (Å²) in [6, 6.07) is 8.09. The summed E-state index contributed by atoms with van der Waals surface area (Å²) in [5.41, 5.74) is 3.09. The van der Waals surface area contributed by atoms with Crippen LogP contribution in [0.2, 0.25) is 0 Å². The second-order valence-corrected chi connectivity index (χ2v) is 4.94. The Morgan fingerprint density at radius 2 is 2.18 bits per heavy atom. The van der Waals surface area contributed by atoms with E-state index in [9.17, 15) is 0 Å². The summed E-state index contributed by atoms with van der Waals surface area (Å²) in [7, 11) is 0. The third kappa shape index (κ3) is 2.06. The van der Waals surface area contributed by atoms with Crippen molar-refractivity contribution >= 4 is 34.0 Å². The number of benzene rings is 1. The van der Waals surface area contributed by atoms with Crippen LogP contribution in [0.15, 0.2) is 36.0 Å². The Hall–Kier alpha value is -1.39. The van der Waals surface area contributed by atoms with E-state index >= 15 is 0 Å². The molecule has 0 aliphatic carbocycles. The molecule has 0 saturated heterocycles. The third-order valence-corrected chi connectivity index (χ3v) is 3.73. The highest BCUT2D eigenvalue weighted by Gasteiger charge is 2.05. The molecule has 0 atom stereocenters.